The van der Waals surface area contributed by atoms with Gasteiger partial charge < -0.3 is 4.74 Å². The van der Waals surface area contributed by atoms with Gasteiger partial charge in [0.15, 0.2) is 0 Å². The second-order valence-electron chi connectivity index (χ2n) is 3.94. The van der Waals surface area contributed by atoms with Crippen molar-refractivity contribution in [3.8, 4) is 0 Å². The van der Waals surface area contributed by atoms with Crippen LogP contribution in [0.25, 0.3) is 0 Å². The van der Waals surface area contributed by atoms with E-state index in [0.29, 0.717) is 0 Å². The molecular formula is C13H13F3O3S. The minimum atomic E-state index is -4.52. The van der Waals surface area contributed by atoms with E-state index in [-0.39, 0.29) is 46.6 Å². The normalized spacial score (nSPS) is 11.2. The molecule has 0 saturated carbocycles. The van der Waals surface area contributed by atoms with Crippen LogP contribution >= 0.6 is 11.8 Å². The molecule has 0 N–H and O–H groups in total. The van der Waals surface area contributed by atoms with Crippen LogP contribution in [0.15, 0.2) is 23.1 Å². The number of ether oxygens (including phenoxy) is 1. The third kappa shape index (κ3) is 4.88. The number of rotatable bonds is 5. The van der Waals surface area contributed by atoms with Crippen LogP contribution in [0.1, 0.15) is 29.8 Å². The maximum atomic E-state index is 12.5. The summed E-state index contributed by atoms with van der Waals surface area (Å²) >= 11 is -0.389. The molecule has 7 heteroatoms. The van der Waals surface area contributed by atoms with Gasteiger partial charge in [-0.3, -0.25) is 4.79 Å². The summed E-state index contributed by atoms with van der Waals surface area (Å²) < 4.78 is 42.3. The van der Waals surface area contributed by atoms with Crippen LogP contribution in [0.5, 0.6) is 0 Å². The van der Waals surface area contributed by atoms with Crippen molar-refractivity contribution in [2.45, 2.75) is 30.7 Å². The number of hydrogen-bond acceptors (Lipinski definition) is 4. The molecule has 0 heterocycles. The predicted molar refractivity (Wildman–Crippen MR) is 68.7 cm³/mol. The lowest BCUT2D eigenvalue weighted by Crippen LogP contribution is -2.13. The zero-order chi connectivity index (χ0) is 15.3. The van der Waals surface area contributed by atoms with E-state index in [4.69, 9.17) is 4.74 Å². The van der Waals surface area contributed by atoms with Crippen molar-refractivity contribution < 1.29 is 27.5 Å². The number of halogens is 3. The third-order valence-corrected chi connectivity index (χ3v) is 3.05. The van der Waals surface area contributed by atoms with Crippen LogP contribution in [0.2, 0.25) is 0 Å². The number of esters is 1. The van der Waals surface area contributed by atoms with E-state index in [0.717, 1.165) is 0 Å². The molecule has 0 aliphatic carbocycles. The predicted octanol–water partition coefficient (Wildman–Crippen LogP) is 3.61. The van der Waals surface area contributed by atoms with Gasteiger partial charge in [-0.05, 0) is 37.2 Å². The Morgan fingerprint density at radius 3 is 2.45 bits per heavy atom. The van der Waals surface area contributed by atoms with Gasteiger partial charge >= 0.3 is 11.5 Å². The van der Waals surface area contributed by atoms with Gasteiger partial charge in [0.05, 0.1) is 12.2 Å². The molecule has 1 rings (SSSR count). The first-order valence-corrected chi connectivity index (χ1v) is 6.60. The molecule has 0 aliphatic rings. The number of hydrogen-bond donors (Lipinski definition) is 0. The van der Waals surface area contributed by atoms with Gasteiger partial charge in [0.2, 0.25) is 0 Å². The summed E-state index contributed by atoms with van der Waals surface area (Å²) in [5.41, 5.74) is -4.46. The van der Waals surface area contributed by atoms with Crippen LogP contribution in [-0.2, 0) is 16.0 Å². The lowest BCUT2D eigenvalue weighted by atomic mass is 10.0. The highest BCUT2D eigenvalue weighted by atomic mass is 32.2. The highest BCUT2D eigenvalue weighted by Crippen LogP contribution is 2.39. The van der Waals surface area contributed by atoms with Crippen molar-refractivity contribution in [1.82, 2.24) is 0 Å². The average molecular weight is 306 g/mol. The van der Waals surface area contributed by atoms with Crippen molar-refractivity contribution in [3.63, 3.8) is 0 Å². The Kier molecular flexibility index (Phi) is 5.62. The third-order valence-electron chi connectivity index (χ3n) is 2.26. The van der Waals surface area contributed by atoms with Crippen LogP contribution < -0.4 is 0 Å². The van der Waals surface area contributed by atoms with Gasteiger partial charge in [-0.2, -0.15) is 13.2 Å². The van der Waals surface area contributed by atoms with Crippen LogP contribution in [0, 0.1) is 0 Å². The zero-order valence-electron chi connectivity index (χ0n) is 10.9. The molecule has 20 heavy (non-hydrogen) atoms. The van der Waals surface area contributed by atoms with E-state index < -0.39 is 11.5 Å². The van der Waals surface area contributed by atoms with E-state index in [1.807, 2.05) is 0 Å². The summed E-state index contributed by atoms with van der Waals surface area (Å²) in [5.74, 6) is -1.10. The minimum Gasteiger partial charge on any atom is -0.462 e. The topological polar surface area (TPSA) is 43.4 Å². The number of carbonyl (C=O) groups excluding carboxylic acids is 2. The fraction of sp³-hybridized carbons (Fsp3) is 0.385. The van der Waals surface area contributed by atoms with E-state index in [9.17, 15) is 22.8 Å². The molecule has 0 saturated heterocycles. The maximum absolute atomic E-state index is 12.5. The smallest absolute Gasteiger partial charge is 0.446 e. The number of thioether (sulfide) groups is 1. The second kappa shape index (κ2) is 6.78. The van der Waals surface area contributed by atoms with Crippen molar-refractivity contribution in [2.75, 3.05) is 6.61 Å². The van der Waals surface area contributed by atoms with Gasteiger partial charge in [-0.1, -0.05) is 12.1 Å². The van der Waals surface area contributed by atoms with Gasteiger partial charge in [0, 0.05) is 11.3 Å². The van der Waals surface area contributed by atoms with Crippen LogP contribution in [0.4, 0.5) is 13.2 Å². The molecule has 110 valence electrons. The highest BCUT2D eigenvalue weighted by molar-refractivity contribution is 8.00. The number of Topliss-reactive ketones (excluding diaryl/α,β-unsaturated/α-hetero) is 1. The zero-order valence-corrected chi connectivity index (χ0v) is 11.7. The Balaban J connectivity index is 3.28. The lowest BCUT2D eigenvalue weighted by molar-refractivity contribution is -0.116. The maximum Gasteiger partial charge on any atom is 0.446 e. The van der Waals surface area contributed by atoms with Crippen LogP contribution in [-0.4, -0.2) is 23.9 Å². The summed E-state index contributed by atoms with van der Waals surface area (Å²) in [7, 11) is 0. The highest BCUT2D eigenvalue weighted by Gasteiger charge is 2.32. The monoisotopic (exact) mass is 306 g/mol. The number of alkyl halides is 3. The molecule has 0 radical (unpaired) electrons. The van der Waals surface area contributed by atoms with E-state index in [1.165, 1.54) is 25.1 Å². The first-order chi connectivity index (χ1) is 9.24. The summed E-state index contributed by atoms with van der Waals surface area (Å²) in [6, 6.07) is 4.03. The largest absolute Gasteiger partial charge is 0.462 e. The first-order valence-electron chi connectivity index (χ1n) is 5.78. The van der Waals surface area contributed by atoms with Crippen molar-refractivity contribution in [3.05, 3.63) is 29.3 Å². The fourth-order valence-electron chi connectivity index (χ4n) is 1.64. The fourth-order valence-corrected chi connectivity index (χ4v) is 2.35. The van der Waals surface area contributed by atoms with E-state index >= 15 is 0 Å². The molecule has 0 fully saturated rings. The molecule has 0 atom stereocenters. The molecule has 0 aromatic heterocycles. The van der Waals surface area contributed by atoms with E-state index in [2.05, 4.69) is 0 Å². The average Bonchev–Trinajstić information content (AvgIpc) is 2.26. The number of ketones is 1. The lowest BCUT2D eigenvalue weighted by Gasteiger charge is -2.14. The van der Waals surface area contributed by atoms with Crippen LogP contribution in [0.3, 0.4) is 0 Å². The van der Waals surface area contributed by atoms with Gasteiger partial charge in [-0.15, -0.1) is 0 Å². The molecule has 0 amide bonds. The van der Waals surface area contributed by atoms with Crippen molar-refractivity contribution in [1.29, 1.82) is 0 Å². The summed E-state index contributed by atoms with van der Waals surface area (Å²) in [5, 5.41) is 0. The number of carbonyl (C=O) groups is 2. The van der Waals surface area contributed by atoms with Gasteiger partial charge in [-0.25, -0.2) is 4.79 Å². The molecule has 0 spiro atoms. The molecule has 0 aliphatic heterocycles. The van der Waals surface area contributed by atoms with Crippen molar-refractivity contribution in [2.24, 2.45) is 0 Å². The Labute approximate surface area is 118 Å². The Hall–Kier alpha value is -1.50. The van der Waals surface area contributed by atoms with Gasteiger partial charge in [0.1, 0.15) is 5.78 Å². The summed E-state index contributed by atoms with van der Waals surface area (Å²) in [6.07, 6.45) is -0.111. The molecule has 0 unspecified atom stereocenters. The summed E-state index contributed by atoms with van der Waals surface area (Å²) in [4.78, 5) is 22.7. The molecule has 1 aromatic carbocycles. The Bertz CT molecular complexity index is 512. The van der Waals surface area contributed by atoms with Crippen molar-refractivity contribution >= 4 is 23.5 Å². The van der Waals surface area contributed by atoms with E-state index in [1.54, 1.807) is 6.92 Å². The second-order valence-corrected chi connectivity index (χ2v) is 5.04. The first kappa shape index (κ1) is 16.6. The Morgan fingerprint density at radius 2 is 1.95 bits per heavy atom. The molecule has 1 aromatic rings. The van der Waals surface area contributed by atoms with Gasteiger partial charge in [0.25, 0.3) is 0 Å². The quantitative estimate of drug-likeness (QED) is 0.616. The standard InChI is InChI=1S/C13H13F3O3S/c1-3-19-12(18)11-9(7-8(2)17)5-4-6-10(11)20-13(14,15)16/h4-6H,3,7H2,1-2H3. The molecule has 0 bridgehead atoms. The minimum absolute atomic E-state index is 0.0450. The summed E-state index contributed by atoms with van der Waals surface area (Å²) in [6.45, 7) is 2.91. The Morgan fingerprint density at radius 1 is 1.30 bits per heavy atom. The SMILES string of the molecule is CCOC(=O)c1c(CC(C)=O)cccc1SC(F)(F)F. The molecule has 3 nitrogen and oxygen atoms in total. The number of benzene rings is 1. The molecular weight excluding hydrogens is 293 g/mol.